The molecule has 44 heavy (non-hydrogen) atoms. The predicted molar refractivity (Wildman–Crippen MR) is 163 cm³/mol. The Balaban J connectivity index is 1.11. The second-order valence-electron chi connectivity index (χ2n) is 11.1. The predicted octanol–water partition coefficient (Wildman–Crippen LogP) is 5.34. The molecule has 3 N–H and O–H groups in total. The van der Waals surface area contributed by atoms with Crippen LogP contribution < -0.4 is 10.1 Å². The number of carbonyl (C=O) groups is 3. The number of likely N-dealkylation sites (tertiary alicyclic amines) is 1. The van der Waals surface area contributed by atoms with Crippen LogP contribution in [0, 0.1) is 12.7 Å². The van der Waals surface area contributed by atoms with Gasteiger partial charge in [-0.1, -0.05) is 29.8 Å². The Hall–Kier alpha value is -4.83. The molecule has 0 aliphatic carbocycles. The zero-order chi connectivity index (χ0) is 31.1. The fourth-order valence-corrected chi connectivity index (χ4v) is 5.41. The Morgan fingerprint density at radius 2 is 1.89 bits per heavy atom. The van der Waals surface area contributed by atoms with Gasteiger partial charge >= 0.3 is 5.97 Å². The highest BCUT2D eigenvalue weighted by Crippen LogP contribution is 2.26. The first-order chi connectivity index (χ1) is 21.2. The summed E-state index contributed by atoms with van der Waals surface area (Å²) in [6.07, 6.45) is 5.69. The summed E-state index contributed by atoms with van der Waals surface area (Å²) in [6, 6.07) is 16.7. The number of aryl methyl sites for hydroxylation is 1. The van der Waals surface area contributed by atoms with Crippen molar-refractivity contribution in [2.24, 2.45) is 0 Å². The summed E-state index contributed by atoms with van der Waals surface area (Å²) in [5.41, 5.74) is 3.84. The fourth-order valence-electron chi connectivity index (χ4n) is 5.41. The van der Waals surface area contributed by atoms with E-state index in [4.69, 9.17) is 4.74 Å². The molecular formula is C34H35FN4O5. The van der Waals surface area contributed by atoms with Crippen molar-refractivity contribution < 1.29 is 28.6 Å². The largest absolute Gasteiger partial charge is 0.480 e. The van der Waals surface area contributed by atoms with Gasteiger partial charge in [-0.2, -0.15) is 0 Å². The summed E-state index contributed by atoms with van der Waals surface area (Å²) in [5.74, 6) is -0.320. The van der Waals surface area contributed by atoms with Crippen molar-refractivity contribution in [2.75, 3.05) is 19.6 Å². The standard InChI is InChI=1S/C34H35FN4O5/c1-22-5-10-29(35)24(16-22)18-26(40)17-23-6-8-27(9-7-23)44-28-11-13-36-31(20-28)30-19-25(21-38-30)33(41)37-12-3-15-39-14-2-4-32(39)34(42)43/h5-11,13,16,19-21,32,38H,2-4,12,14-15,17-18H2,1H3,(H,37,41)(H,42,43). The molecule has 0 radical (unpaired) electrons. The minimum absolute atomic E-state index is 0.0430. The number of nitrogens with zero attached hydrogens (tertiary/aromatic N) is 2. The molecule has 1 unspecified atom stereocenters. The summed E-state index contributed by atoms with van der Waals surface area (Å²) < 4.78 is 20.0. The van der Waals surface area contributed by atoms with E-state index in [0.29, 0.717) is 59.9 Å². The van der Waals surface area contributed by atoms with Crippen LogP contribution in [0.2, 0.25) is 0 Å². The number of hydrogen-bond acceptors (Lipinski definition) is 6. The second kappa shape index (κ2) is 14.1. The molecule has 1 atom stereocenters. The molecule has 3 heterocycles. The number of H-pyrrole nitrogens is 1. The zero-order valence-corrected chi connectivity index (χ0v) is 24.5. The van der Waals surface area contributed by atoms with E-state index in [1.807, 2.05) is 24.0 Å². The van der Waals surface area contributed by atoms with Gasteiger partial charge in [-0.3, -0.25) is 24.3 Å². The van der Waals surface area contributed by atoms with Crippen LogP contribution in [-0.2, 0) is 22.4 Å². The lowest BCUT2D eigenvalue weighted by Gasteiger charge is -2.20. The number of pyridine rings is 1. The van der Waals surface area contributed by atoms with Crippen molar-refractivity contribution in [3.05, 3.63) is 101 Å². The van der Waals surface area contributed by atoms with Crippen LogP contribution in [0.15, 0.2) is 73.1 Å². The molecule has 4 aromatic rings. The molecule has 9 nitrogen and oxygen atoms in total. The number of nitrogens with one attached hydrogen (secondary N) is 2. The Kier molecular flexibility index (Phi) is 9.81. The SMILES string of the molecule is Cc1ccc(F)c(CC(=O)Cc2ccc(Oc3ccnc(-c4cc(C(=O)NCCCN5CCCC5C(=O)O)c[nH]4)c3)cc2)c1. The molecule has 228 valence electrons. The number of halogens is 1. The Bertz CT molecular complexity index is 1630. The average molecular weight is 599 g/mol. The van der Waals surface area contributed by atoms with Gasteiger partial charge in [0.05, 0.1) is 17.0 Å². The number of amides is 1. The van der Waals surface area contributed by atoms with Crippen LogP contribution >= 0.6 is 0 Å². The molecule has 0 spiro atoms. The number of carboxylic acid groups (broad SMARTS) is 1. The number of benzene rings is 2. The second-order valence-corrected chi connectivity index (χ2v) is 11.1. The van der Waals surface area contributed by atoms with Gasteiger partial charge in [-0.05, 0) is 74.2 Å². The molecule has 1 saturated heterocycles. The van der Waals surface area contributed by atoms with Crippen molar-refractivity contribution in [3.63, 3.8) is 0 Å². The molecule has 0 saturated carbocycles. The Labute approximate surface area is 255 Å². The van der Waals surface area contributed by atoms with Gasteiger partial charge in [0.1, 0.15) is 29.1 Å². The third-order valence-electron chi connectivity index (χ3n) is 7.66. The van der Waals surface area contributed by atoms with E-state index in [1.54, 1.807) is 54.9 Å². The number of aromatic amines is 1. The summed E-state index contributed by atoms with van der Waals surface area (Å²) in [5, 5.41) is 12.2. The van der Waals surface area contributed by atoms with Crippen molar-refractivity contribution >= 4 is 17.7 Å². The van der Waals surface area contributed by atoms with Gasteiger partial charge in [-0.25, -0.2) is 4.39 Å². The van der Waals surface area contributed by atoms with E-state index in [-0.39, 0.29) is 30.3 Å². The maximum atomic E-state index is 14.0. The van der Waals surface area contributed by atoms with Crippen LogP contribution in [-0.4, -0.2) is 63.3 Å². The average Bonchev–Trinajstić information content (AvgIpc) is 3.69. The normalized spacial score (nSPS) is 14.8. The quantitative estimate of drug-likeness (QED) is 0.178. The van der Waals surface area contributed by atoms with E-state index in [2.05, 4.69) is 15.3 Å². The van der Waals surface area contributed by atoms with Crippen molar-refractivity contribution in [2.45, 2.75) is 45.1 Å². The lowest BCUT2D eigenvalue weighted by molar-refractivity contribution is -0.142. The first kappa shape index (κ1) is 30.6. The first-order valence-corrected chi connectivity index (χ1v) is 14.7. The highest BCUT2D eigenvalue weighted by Gasteiger charge is 2.29. The van der Waals surface area contributed by atoms with Crippen molar-refractivity contribution in [3.8, 4) is 22.9 Å². The number of rotatable bonds is 13. The van der Waals surface area contributed by atoms with Crippen LogP contribution in [0.4, 0.5) is 4.39 Å². The molecule has 1 aliphatic rings. The van der Waals surface area contributed by atoms with E-state index in [1.165, 1.54) is 6.07 Å². The lowest BCUT2D eigenvalue weighted by atomic mass is 10.0. The fraction of sp³-hybridized carbons (Fsp3) is 0.294. The van der Waals surface area contributed by atoms with Crippen molar-refractivity contribution in [1.29, 1.82) is 0 Å². The summed E-state index contributed by atoms with van der Waals surface area (Å²) >= 11 is 0. The minimum atomic E-state index is -0.787. The highest BCUT2D eigenvalue weighted by molar-refractivity contribution is 5.95. The first-order valence-electron chi connectivity index (χ1n) is 14.7. The van der Waals surface area contributed by atoms with E-state index < -0.39 is 12.0 Å². The number of hydrogen-bond donors (Lipinski definition) is 3. The van der Waals surface area contributed by atoms with Crippen LogP contribution in [0.1, 0.15) is 46.3 Å². The van der Waals surface area contributed by atoms with E-state index >= 15 is 0 Å². The monoisotopic (exact) mass is 598 g/mol. The number of Topliss-reactive ketones (excluding diaryl/α,β-unsaturated/α-hetero) is 1. The topological polar surface area (TPSA) is 125 Å². The molecular weight excluding hydrogens is 563 g/mol. The van der Waals surface area contributed by atoms with Gasteiger partial charge < -0.3 is 20.1 Å². The van der Waals surface area contributed by atoms with E-state index in [0.717, 1.165) is 24.1 Å². The third kappa shape index (κ3) is 7.96. The van der Waals surface area contributed by atoms with Crippen LogP contribution in [0.5, 0.6) is 11.5 Å². The molecule has 2 aromatic heterocycles. The molecule has 2 aromatic carbocycles. The number of ketones is 1. The molecule has 1 aliphatic heterocycles. The molecule has 5 rings (SSSR count). The molecule has 0 bridgehead atoms. The van der Waals surface area contributed by atoms with Gasteiger partial charge in [0.2, 0.25) is 0 Å². The van der Waals surface area contributed by atoms with Crippen molar-refractivity contribution in [1.82, 2.24) is 20.2 Å². The minimum Gasteiger partial charge on any atom is -0.480 e. The number of aromatic nitrogens is 2. The maximum absolute atomic E-state index is 14.0. The smallest absolute Gasteiger partial charge is 0.320 e. The zero-order valence-electron chi connectivity index (χ0n) is 24.5. The van der Waals surface area contributed by atoms with Crippen LogP contribution in [0.25, 0.3) is 11.4 Å². The summed E-state index contributed by atoms with van der Waals surface area (Å²) in [6.45, 7) is 3.71. The van der Waals surface area contributed by atoms with Gasteiger partial charge in [-0.15, -0.1) is 0 Å². The Morgan fingerprint density at radius 1 is 1.07 bits per heavy atom. The molecule has 1 fully saturated rings. The van der Waals surface area contributed by atoms with Gasteiger partial charge in [0.15, 0.2) is 0 Å². The number of carbonyl (C=O) groups excluding carboxylic acids is 2. The maximum Gasteiger partial charge on any atom is 0.320 e. The lowest BCUT2D eigenvalue weighted by Crippen LogP contribution is -2.37. The number of aliphatic carboxylic acids is 1. The number of ether oxygens (including phenoxy) is 1. The highest BCUT2D eigenvalue weighted by atomic mass is 19.1. The number of carboxylic acids is 1. The summed E-state index contributed by atoms with van der Waals surface area (Å²) in [7, 11) is 0. The molecule has 10 heteroatoms. The third-order valence-corrected chi connectivity index (χ3v) is 7.66. The van der Waals surface area contributed by atoms with Gasteiger partial charge in [0.25, 0.3) is 5.91 Å². The van der Waals surface area contributed by atoms with E-state index in [9.17, 15) is 23.9 Å². The summed E-state index contributed by atoms with van der Waals surface area (Å²) in [4.78, 5) is 46.0. The van der Waals surface area contributed by atoms with Gasteiger partial charge in [0, 0.05) is 44.4 Å². The Morgan fingerprint density at radius 3 is 2.68 bits per heavy atom. The van der Waals surface area contributed by atoms with Crippen LogP contribution in [0.3, 0.4) is 0 Å². The molecule has 1 amide bonds.